The molecule has 6 heteroatoms. The van der Waals surface area contributed by atoms with Gasteiger partial charge in [0.25, 0.3) is 0 Å². The molecule has 19 heavy (non-hydrogen) atoms. The van der Waals surface area contributed by atoms with Gasteiger partial charge in [-0.3, -0.25) is 4.79 Å². The van der Waals surface area contributed by atoms with E-state index in [0.717, 1.165) is 10.0 Å². The van der Waals surface area contributed by atoms with Crippen LogP contribution < -0.4 is 5.32 Å². The quantitative estimate of drug-likeness (QED) is 0.870. The number of carboxylic acids is 1. The average Bonchev–Trinajstić information content (AvgIpc) is 2.28. The first-order chi connectivity index (χ1) is 8.80. The highest BCUT2D eigenvalue weighted by atomic mass is 79.9. The molecule has 0 bridgehead atoms. The zero-order valence-electron chi connectivity index (χ0n) is 10.8. The number of alkyl carbamates (subject to hydrolysis) is 1. The molecule has 1 aromatic carbocycles. The van der Waals surface area contributed by atoms with E-state index in [4.69, 9.17) is 9.84 Å². The van der Waals surface area contributed by atoms with Gasteiger partial charge in [-0.05, 0) is 25.5 Å². The standard InChI is InChI=1S/C13H16BrNO4/c1-13(2,19-12(18)15-8-11(16)17)7-9-5-3-4-6-10(9)14/h3-6H,7-8H2,1-2H3,(H,15,18)(H,16,17). The maximum Gasteiger partial charge on any atom is 0.408 e. The molecule has 0 spiro atoms. The van der Waals surface area contributed by atoms with Gasteiger partial charge in [-0.2, -0.15) is 0 Å². The fraction of sp³-hybridized carbons (Fsp3) is 0.385. The van der Waals surface area contributed by atoms with E-state index in [0.29, 0.717) is 6.42 Å². The third kappa shape index (κ3) is 5.74. The number of carbonyl (C=O) groups excluding carboxylic acids is 1. The fourth-order valence-electron chi connectivity index (χ4n) is 1.57. The number of carboxylic acid groups (broad SMARTS) is 1. The van der Waals surface area contributed by atoms with Crippen LogP contribution in [0.4, 0.5) is 4.79 Å². The minimum atomic E-state index is -1.11. The Kier molecular flexibility index (Phi) is 5.35. The van der Waals surface area contributed by atoms with Crippen molar-refractivity contribution in [3.05, 3.63) is 34.3 Å². The van der Waals surface area contributed by atoms with Gasteiger partial charge in [0, 0.05) is 10.9 Å². The lowest BCUT2D eigenvalue weighted by Gasteiger charge is -2.25. The summed E-state index contributed by atoms with van der Waals surface area (Å²) >= 11 is 3.43. The topological polar surface area (TPSA) is 75.6 Å². The Labute approximate surface area is 120 Å². The van der Waals surface area contributed by atoms with Crippen molar-refractivity contribution in [1.29, 1.82) is 0 Å². The molecule has 0 fully saturated rings. The molecule has 0 unspecified atom stereocenters. The van der Waals surface area contributed by atoms with Crippen molar-refractivity contribution in [3.63, 3.8) is 0 Å². The van der Waals surface area contributed by atoms with Crippen molar-refractivity contribution >= 4 is 28.0 Å². The summed E-state index contributed by atoms with van der Waals surface area (Å²) in [4.78, 5) is 21.8. The number of ether oxygens (including phenoxy) is 1. The van der Waals surface area contributed by atoms with E-state index < -0.39 is 24.2 Å². The van der Waals surface area contributed by atoms with Crippen LogP contribution in [0.5, 0.6) is 0 Å². The number of halogens is 1. The lowest BCUT2D eigenvalue weighted by Crippen LogP contribution is -2.38. The minimum absolute atomic E-state index is 0.454. The summed E-state index contributed by atoms with van der Waals surface area (Å²) in [5, 5.41) is 10.6. The molecule has 0 aliphatic carbocycles. The highest BCUT2D eigenvalue weighted by Gasteiger charge is 2.24. The van der Waals surface area contributed by atoms with Crippen LogP contribution in [0.3, 0.4) is 0 Å². The number of benzene rings is 1. The molecule has 0 saturated carbocycles. The Bertz CT molecular complexity index is 473. The van der Waals surface area contributed by atoms with Crippen LogP contribution >= 0.6 is 15.9 Å². The Morgan fingerprint density at radius 1 is 1.37 bits per heavy atom. The molecule has 0 heterocycles. The summed E-state index contributed by atoms with van der Waals surface area (Å²) in [6.07, 6.45) is -0.214. The SMILES string of the molecule is CC(C)(Cc1ccccc1Br)OC(=O)NCC(=O)O. The van der Waals surface area contributed by atoms with Crippen molar-refractivity contribution in [2.45, 2.75) is 25.9 Å². The maximum absolute atomic E-state index is 11.4. The number of nitrogens with one attached hydrogen (secondary N) is 1. The number of amides is 1. The Morgan fingerprint density at radius 2 is 2.00 bits per heavy atom. The van der Waals surface area contributed by atoms with Gasteiger partial charge in [-0.15, -0.1) is 0 Å². The first kappa shape index (κ1) is 15.5. The fourth-order valence-corrected chi connectivity index (χ4v) is 2.00. The van der Waals surface area contributed by atoms with Gasteiger partial charge in [-0.1, -0.05) is 34.1 Å². The number of hydrogen-bond donors (Lipinski definition) is 2. The maximum atomic E-state index is 11.4. The summed E-state index contributed by atoms with van der Waals surface area (Å²) in [6, 6.07) is 7.65. The molecule has 5 nitrogen and oxygen atoms in total. The third-order valence-electron chi connectivity index (χ3n) is 2.33. The van der Waals surface area contributed by atoms with Crippen molar-refractivity contribution in [2.75, 3.05) is 6.54 Å². The van der Waals surface area contributed by atoms with Crippen LogP contribution in [0, 0.1) is 0 Å². The molecular formula is C13H16BrNO4. The van der Waals surface area contributed by atoms with Gasteiger partial charge in [0.15, 0.2) is 0 Å². The van der Waals surface area contributed by atoms with Crippen LogP contribution in [0.1, 0.15) is 19.4 Å². The van der Waals surface area contributed by atoms with E-state index >= 15 is 0 Å². The number of aliphatic carboxylic acids is 1. The van der Waals surface area contributed by atoms with E-state index in [2.05, 4.69) is 21.2 Å². The van der Waals surface area contributed by atoms with Crippen LogP contribution in [0.2, 0.25) is 0 Å². The monoisotopic (exact) mass is 329 g/mol. The molecule has 1 rings (SSSR count). The van der Waals surface area contributed by atoms with Gasteiger partial charge in [-0.25, -0.2) is 4.79 Å². The molecule has 1 amide bonds. The summed E-state index contributed by atoms with van der Waals surface area (Å²) < 4.78 is 6.16. The Hall–Kier alpha value is -1.56. The molecule has 0 saturated heterocycles. The summed E-state index contributed by atoms with van der Waals surface area (Å²) in [6.45, 7) is 3.09. The first-order valence-electron chi connectivity index (χ1n) is 5.72. The average molecular weight is 330 g/mol. The highest BCUT2D eigenvalue weighted by molar-refractivity contribution is 9.10. The summed E-state index contributed by atoms with van der Waals surface area (Å²) in [5.41, 5.74) is 0.283. The second-order valence-electron chi connectivity index (χ2n) is 4.66. The second kappa shape index (κ2) is 6.56. The molecule has 0 atom stereocenters. The summed E-state index contributed by atoms with van der Waals surface area (Å²) in [5.74, 6) is -1.11. The molecule has 2 N–H and O–H groups in total. The first-order valence-corrected chi connectivity index (χ1v) is 6.51. The van der Waals surface area contributed by atoms with Gasteiger partial charge in [0.05, 0.1) is 0 Å². The largest absolute Gasteiger partial charge is 0.480 e. The van der Waals surface area contributed by atoms with E-state index in [1.807, 2.05) is 24.3 Å². The van der Waals surface area contributed by atoms with E-state index in [9.17, 15) is 9.59 Å². The minimum Gasteiger partial charge on any atom is -0.480 e. The predicted octanol–water partition coefficient (Wildman–Crippen LogP) is 2.58. The predicted molar refractivity (Wildman–Crippen MR) is 74.0 cm³/mol. The third-order valence-corrected chi connectivity index (χ3v) is 3.10. The van der Waals surface area contributed by atoms with Crippen LogP contribution in [-0.2, 0) is 16.0 Å². The van der Waals surface area contributed by atoms with Crippen molar-refractivity contribution in [1.82, 2.24) is 5.32 Å². The zero-order valence-corrected chi connectivity index (χ0v) is 12.4. The van der Waals surface area contributed by atoms with Crippen molar-refractivity contribution < 1.29 is 19.4 Å². The molecule has 0 aromatic heterocycles. The van der Waals surface area contributed by atoms with Crippen molar-refractivity contribution in [3.8, 4) is 0 Å². The van der Waals surface area contributed by atoms with Crippen LogP contribution in [0.25, 0.3) is 0 Å². The van der Waals surface area contributed by atoms with Crippen LogP contribution in [-0.4, -0.2) is 29.3 Å². The van der Waals surface area contributed by atoms with Crippen molar-refractivity contribution in [2.24, 2.45) is 0 Å². The number of rotatable bonds is 5. The molecule has 0 aliphatic rings. The molecular weight excluding hydrogens is 314 g/mol. The number of carbonyl (C=O) groups is 2. The lowest BCUT2D eigenvalue weighted by atomic mass is 9.98. The molecule has 1 aromatic rings. The van der Waals surface area contributed by atoms with Gasteiger partial charge in [0.2, 0.25) is 0 Å². The Balaban J connectivity index is 2.59. The van der Waals surface area contributed by atoms with Crippen LogP contribution in [0.15, 0.2) is 28.7 Å². The zero-order chi connectivity index (χ0) is 14.5. The smallest absolute Gasteiger partial charge is 0.408 e. The normalized spacial score (nSPS) is 10.9. The van der Waals surface area contributed by atoms with E-state index in [1.165, 1.54) is 0 Å². The molecule has 104 valence electrons. The van der Waals surface area contributed by atoms with Gasteiger partial charge < -0.3 is 15.2 Å². The molecule has 0 radical (unpaired) electrons. The Morgan fingerprint density at radius 3 is 2.58 bits per heavy atom. The lowest BCUT2D eigenvalue weighted by molar-refractivity contribution is -0.136. The van der Waals surface area contributed by atoms with E-state index in [1.54, 1.807) is 13.8 Å². The van der Waals surface area contributed by atoms with Gasteiger partial charge in [0.1, 0.15) is 12.1 Å². The highest BCUT2D eigenvalue weighted by Crippen LogP contribution is 2.23. The van der Waals surface area contributed by atoms with Gasteiger partial charge >= 0.3 is 12.1 Å². The molecule has 0 aliphatic heterocycles. The number of hydrogen-bond acceptors (Lipinski definition) is 3. The van der Waals surface area contributed by atoms with E-state index in [-0.39, 0.29) is 0 Å². The second-order valence-corrected chi connectivity index (χ2v) is 5.52. The summed E-state index contributed by atoms with van der Waals surface area (Å²) in [7, 11) is 0.